The first-order chi connectivity index (χ1) is 14.5. The number of anilines is 1. The van der Waals surface area contributed by atoms with Crippen molar-refractivity contribution in [3.8, 4) is 24.0 Å². The molecule has 1 amide bonds. The van der Waals surface area contributed by atoms with Gasteiger partial charge in [-0.15, -0.1) is 18.2 Å². The molecule has 1 aliphatic rings. The lowest BCUT2D eigenvalue weighted by Gasteiger charge is -2.16. The van der Waals surface area contributed by atoms with E-state index in [1.54, 1.807) is 16.4 Å². The van der Waals surface area contributed by atoms with Crippen molar-refractivity contribution in [3.63, 3.8) is 0 Å². The zero-order valence-electron chi connectivity index (χ0n) is 17.0. The van der Waals surface area contributed by atoms with Gasteiger partial charge in [-0.05, 0) is 44.5 Å². The number of ether oxygens (including phenoxy) is 1. The van der Waals surface area contributed by atoms with Gasteiger partial charge in [0.25, 0.3) is 5.95 Å². The summed E-state index contributed by atoms with van der Waals surface area (Å²) in [6.45, 7) is 5.98. The van der Waals surface area contributed by atoms with E-state index < -0.39 is 0 Å². The molecule has 0 saturated heterocycles. The molecule has 0 unspecified atom stereocenters. The van der Waals surface area contributed by atoms with E-state index in [9.17, 15) is 4.79 Å². The van der Waals surface area contributed by atoms with E-state index in [1.807, 2.05) is 51.1 Å². The zero-order chi connectivity index (χ0) is 21.3. The summed E-state index contributed by atoms with van der Waals surface area (Å²) < 4.78 is 7.11. The number of thioether (sulfide) groups is 1. The number of hydrogen-bond donors (Lipinski definition) is 1. The maximum Gasteiger partial charge on any atom is 0.252 e. The van der Waals surface area contributed by atoms with Gasteiger partial charge in [-0.1, -0.05) is 18.1 Å². The first-order valence-electron chi connectivity index (χ1n) is 9.46. The summed E-state index contributed by atoms with van der Waals surface area (Å²) in [7, 11) is 0. The molecule has 1 aliphatic heterocycles. The van der Waals surface area contributed by atoms with Crippen molar-refractivity contribution in [1.82, 2.24) is 19.7 Å². The highest BCUT2D eigenvalue weighted by Crippen LogP contribution is 2.43. The molecule has 8 heteroatoms. The molecule has 0 radical (unpaired) electrons. The van der Waals surface area contributed by atoms with E-state index in [0.717, 1.165) is 28.2 Å². The van der Waals surface area contributed by atoms with E-state index in [1.165, 1.54) is 0 Å². The highest BCUT2D eigenvalue weighted by molar-refractivity contribution is 8.00. The normalized spacial score (nSPS) is 15.7. The number of carbonyl (C=O) groups is 1. The summed E-state index contributed by atoms with van der Waals surface area (Å²) in [4.78, 5) is 21.5. The number of benzene rings is 1. The quantitative estimate of drug-likeness (QED) is 0.653. The fourth-order valence-corrected chi connectivity index (χ4v) is 4.65. The van der Waals surface area contributed by atoms with E-state index in [0.29, 0.717) is 23.3 Å². The molecule has 3 aromatic rings. The number of nitrogens with zero attached hydrogens (tertiary/aromatic N) is 4. The summed E-state index contributed by atoms with van der Waals surface area (Å²) in [6, 6.07) is 9.67. The number of fused-ring (bicyclic) bond motifs is 1. The lowest BCUT2D eigenvalue weighted by molar-refractivity contribution is -0.113. The Bertz CT molecular complexity index is 1130. The van der Waals surface area contributed by atoms with Crippen LogP contribution in [0.5, 0.6) is 5.75 Å². The van der Waals surface area contributed by atoms with Crippen LogP contribution >= 0.6 is 11.8 Å². The fraction of sp³-hybridized carbons (Fsp3) is 0.273. The Morgan fingerprint density at radius 2 is 1.93 bits per heavy atom. The summed E-state index contributed by atoms with van der Waals surface area (Å²) in [6.07, 6.45) is 5.26. The topological polar surface area (TPSA) is 81.9 Å². The van der Waals surface area contributed by atoms with E-state index in [-0.39, 0.29) is 17.8 Å². The molecule has 0 fully saturated rings. The van der Waals surface area contributed by atoms with Crippen LogP contribution in [0, 0.1) is 33.1 Å². The second-order valence-electron chi connectivity index (χ2n) is 7.01. The molecule has 30 heavy (non-hydrogen) atoms. The minimum absolute atomic E-state index is 0.0692. The highest BCUT2D eigenvalue weighted by atomic mass is 32.2. The lowest BCUT2D eigenvalue weighted by atomic mass is 10.0. The van der Waals surface area contributed by atoms with Gasteiger partial charge in [0.1, 0.15) is 18.2 Å². The second-order valence-corrected chi connectivity index (χ2v) is 8.10. The average molecular weight is 420 g/mol. The van der Waals surface area contributed by atoms with Gasteiger partial charge >= 0.3 is 0 Å². The molecule has 1 atom stereocenters. The maximum atomic E-state index is 12.5. The van der Waals surface area contributed by atoms with Crippen LogP contribution < -0.4 is 10.1 Å². The van der Waals surface area contributed by atoms with Gasteiger partial charge in [-0.3, -0.25) is 4.79 Å². The van der Waals surface area contributed by atoms with Gasteiger partial charge in [0.2, 0.25) is 5.91 Å². The minimum atomic E-state index is -0.0803. The number of terminal acetylenes is 1. The summed E-state index contributed by atoms with van der Waals surface area (Å²) in [5, 5.41) is 7.60. The van der Waals surface area contributed by atoms with Crippen LogP contribution in [0.3, 0.4) is 0 Å². The van der Waals surface area contributed by atoms with Crippen molar-refractivity contribution >= 4 is 23.5 Å². The Kier molecular flexibility index (Phi) is 5.46. The van der Waals surface area contributed by atoms with Crippen LogP contribution in [0.4, 0.5) is 5.82 Å². The Morgan fingerprint density at radius 1 is 1.23 bits per heavy atom. The maximum absolute atomic E-state index is 12.5. The van der Waals surface area contributed by atoms with Crippen molar-refractivity contribution < 1.29 is 9.53 Å². The lowest BCUT2D eigenvalue weighted by Crippen LogP contribution is -2.17. The third kappa shape index (κ3) is 3.89. The van der Waals surface area contributed by atoms with Crippen molar-refractivity contribution in [2.24, 2.45) is 0 Å². The average Bonchev–Trinajstić information content (AvgIpc) is 2.92. The molecule has 4 rings (SSSR count). The van der Waals surface area contributed by atoms with Crippen molar-refractivity contribution in [1.29, 1.82) is 0 Å². The van der Waals surface area contributed by atoms with Gasteiger partial charge in [-0.25, -0.2) is 9.97 Å². The number of hydrogen-bond acceptors (Lipinski definition) is 6. The molecule has 0 bridgehead atoms. The first-order valence-corrected chi connectivity index (χ1v) is 10.5. The number of aryl methyl sites for hydroxylation is 3. The third-order valence-corrected chi connectivity index (χ3v) is 5.94. The summed E-state index contributed by atoms with van der Waals surface area (Å²) >= 11 is 1.56. The van der Waals surface area contributed by atoms with E-state index in [2.05, 4.69) is 26.3 Å². The monoisotopic (exact) mass is 419 g/mol. The Hall–Kier alpha value is -3.31. The molecule has 0 spiro atoms. The number of carbonyl (C=O) groups excluding carboxylic acids is 1. The molecule has 3 heterocycles. The molecular formula is C22H21N5O2S. The van der Waals surface area contributed by atoms with Crippen LogP contribution in [0.15, 0.2) is 30.3 Å². The molecule has 1 N–H and O–H groups in total. The Labute approximate surface area is 179 Å². The molecule has 0 saturated carbocycles. The number of nitrogens with one attached hydrogen (secondary N) is 1. The predicted molar refractivity (Wildman–Crippen MR) is 117 cm³/mol. The molecule has 152 valence electrons. The molecule has 2 aromatic heterocycles. The largest absolute Gasteiger partial charge is 0.481 e. The van der Waals surface area contributed by atoms with Crippen LogP contribution in [0.1, 0.15) is 33.5 Å². The standard InChI is InChI=1S/C22H21N5O2S/c1-5-10-29-17-8-6-16(7-9-17)20-19-15(4)26-27(21(19)25-18(28)12-30-20)22-23-13(2)11-14(3)24-22/h1,6-9,11,20H,10,12H2,2-4H3,(H,25,28)/t20-/m0/s1. The first kappa shape index (κ1) is 20.0. The van der Waals surface area contributed by atoms with Crippen molar-refractivity contribution in [2.45, 2.75) is 26.0 Å². The van der Waals surface area contributed by atoms with Crippen molar-refractivity contribution in [3.05, 3.63) is 58.5 Å². The Balaban J connectivity index is 1.79. The van der Waals surface area contributed by atoms with Gasteiger partial charge in [0, 0.05) is 17.0 Å². The predicted octanol–water partition coefficient (Wildman–Crippen LogP) is 3.37. The van der Waals surface area contributed by atoms with Gasteiger partial charge in [0.15, 0.2) is 0 Å². The SMILES string of the molecule is C#CCOc1ccc([C@@H]2SCC(=O)Nc3c2c(C)nn3-c2nc(C)cc(C)n2)cc1. The third-order valence-electron chi connectivity index (χ3n) is 4.67. The summed E-state index contributed by atoms with van der Waals surface area (Å²) in [5.41, 5.74) is 4.50. The van der Waals surface area contributed by atoms with Crippen LogP contribution in [-0.2, 0) is 4.79 Å². The smallest absolute Gasteiger partial charge is 0.252 e. The molecule has 0 aliphatic carbocycles. The molecule has 1 aromatic carbocycles. The second kappa shape index (κ2) is 8.20. The van der Waals surface area contributed by atoms with Crippen LogP contribution in [0.2, 0.25) is 0 Å². The van der Waals surface area contributed by atoms with Gasteiger partial charge in [-0.2, -0.15) is 9.78 Å². The number of aromatic nitrogens is 4. The highest BCUT2D eigenvalue weighted by Gasteiger charge is 2.31. The van der Waals surface area contributed by atoms with Gasteiger partial charge in [0.05, 0.1) is 16.7 Å². The summed E-state index contributed by atoms with van der Waals surface area (Å²) in [5.74, 6) is 4.48. The number of amides is 1. The van der Waals surface area contributed by atoms with E-state index >= 15 is 0 Å². The van der Waals surface area contributed by atoms with Crippen molar-refractivity contribution in [2.75, 3.05) is 17.7 Å². The van der Waals surface area contributed by atoms with Crippen LogP contribution in [0.25, 0.3) is 5.95 Å². The minimum Gasteiger partial charge on any atom is -0.481 e. The van der Waals surface area contributed by atoms with Gasteiger partial charge < -0.3 is 10.1 Å². The zero-order valence-corrected chi connectivity index (χ0v) is 17.8. The molecule has 7 nitrogen and oxygen atoms in total. The van der Waals surface area contributed by atoms with E-state index in [4.69, 9.17) is 11.2 Å². The molecular weight excluding hydrogens is 398 g/mol. The Morgan fingerprint density at radius 3 is 2.60 bits per heavy atom. The number of rotatable bonds is 4. The van der Waals surface area contributed by atoms with Crippen LogP contribution in [-0.4, -0.2) is 38.0 Å². The fourth-order valence-electron chi connectivity index (χ4n) is 3.46.